The molecule has 0 aliphatic rings. The fourth-order valence-corrected chi connectivity index (χ4v) is 4.23. The molecular formula is C28H36IN3O7. The highest BCUT2D eigenvalue weighted by Gasteiger charge is 2.22. The van der Waals surface area contributed by atoms with Crippen LogP contribution in [-0.2, 0) is 19.1 Å². The van der Waals surface area contributed by atoms with E-state index in [1.54, 1.807) is 25.1 Å². The second kappa shape index (κ2) is 16.6. The summed E-state index contributed by atoms with van der Waals surface area (Å²) in [6.45, 7) is 9.56. The third-order valence-corrected chi connectivity index (χ3v) is 5.97. The van der Waals surface area contributed by atoms with Gasteiger partial charge in [-0.25, -0.2) is 10.2 Å². The summed E-state index contributed by atoms with van der Waals surface area (Å²) >= 11 is 2.07. The van der Waals surface area contributed by atoms with Crippen LogP contribution < -0.4 is 25.0 Å². The first-order chi connectivity index (χ1) is 18.6. The van der Waals surface area contributed by atoms with Gasteiger partial charge >= 0.3 is 5.97 Å². The number of nitrogens with one attached hydrogen (secondary N) is 2. The summed E-state index contributed by atoms with van der Waals surface area (Å²) in [5.74, 6) is 0.282. The van der Waals surface area contributed by atoms with Crippen molar-refractivity contribution >= 4 is 46.6 Å². The molecule has 0 radical (unpaired) electrons. The lowest BCUT2D eigenvalue weighted by Gasteiger charge is -2.19. The van der Waals surface area contributed by atoms with Crippen LogP contribution in [0.3, 0.4) is 0 Å². The van der Waals surface area contributed by atoms with Gasteiger partial charge in [0.25, 0.3) is 11.8 Å². The minimum absolute atomic E-state index is 0.153. The Morgan fingerprint density at radius 1 is 1.00 bits per heavy atom. The predicted molar refractivity (Wildman–Crippen MR) is 156 cm³/mol. The van der Waals surface area contributed by atoms with Crippen LogP contribution in [0.25, 0.3) is 0 Å². The van der Waals surface area contributed by atoms with Gasteiger partial charge in [-0.15, -0.1) is 0 Å². The minimum Gasteiger partial charge on any atom is -0.490 e. The zero-order chi connectivity index (χ0) is 28.8. The monoisotopic (exact) mass is 653 g/mol. The van der Waals surface area contributed by atoms with Crippen LogP contribution in [0.15, 0.2) is 41.5 Å². The number of amides is 2. The molecule has 0 aromatic heterocycles. The maximum atomic E-state index is 12.9. The van der Waals surface area contributed by atoms with Gasteiger partial charge < -0.3 is 24.3 Å². The molecule has 212 valence electrons. The normalized spacial score (nSPS) is 11.7. The standard InChI is InChI=1S/C28H36IN3O7/c1-6-36-24-14-20(13-21(29)27(24)39-17-26(34)37-7-2)15-30-32-28(35)22(12-18(3)4)31-25(33)16-38-23-11-9-8-10-19(23)5/h8-11,13-15,18,22H,6-7,12,16-17H2,1-5H3,(H,31,33)(H,32,35)/b30-15-/t22-/m0/s1. The quantitative estimate of drug-likeness (QED) is 0.129. The molecular weight excluding hydrogens is 617 g/mol. The van der Waals surface area contributed by atoms with Gasteiger partial charge in [0.15, 0.2) is 24.7 Å². The fourth-order valence-electron chi connectivity index (χ4n) is 3.45. The zero-order valence-corrected chi connectivity index (χ0v) is 25.1. The van der Waals surface area contributed by atoms with Crippen molar-refractivity contribution < 1.29 is 33.3 Å². The third-order valence-electron chi connectivity index (χ3n) is 5.17. The summed E-state index contributed by atoms with van der Waals surface area (Å²) in [5.41, 5.74) is 4.06. The van der Waals surface area contributed by atoms with Crippen LogP contribution in [0.4, 0.5) is 0 Å². The Bertz CT molecular complexity index is 1150. The van der Waals surface area contributed by atoms with E-state index in [9.17, 15) is 14.4 Å². The van der Waals surface area contributed by atoms with E-state index in [1.807, 2.05) is 45.9 Å². The third kappa shape index (κ3) is 11.1. The number of hydrogen-bond donors (Lipinski definition) is 2. The number of aryl methyl sites for hydroxylation is 1. The molecule has 1 atom stereocenters. The molecule has 0 saturated carbocycles. The summed E-state index contributed by atoms with van der Waals surface area (Å²) in [7, 11) is 0. The van der Waals surface area contributed by atoms with Crippen molar-refractivity contribution in [3.63, 3.8) is 0 Å². The molecule has 2 aromatic rings. The molecule has 0 bridgehead atoms. The summed E-state index contributed by atoms with van der Waals surface area (Å²) in [4.78, 5) is 37.1. The van der Waals surface area contributed by atoms with Crippen LogP contribution in [0.2, 0.25) is 0 Å². The Balaban J connectivity index is 2.04. The first-order valence-electron chi connectivity index (χ1n) is 12.7. The molecule has 0 aliphatic heterocycles. The van der Waals surface area contributed by atoms with Gasteiger partial charge in [-0.1, -0.05) is 32.0 Å². The maximum absolute atomic E-state index is 12.9. The van der Waals surface area contributed by atoms with Crippen LogP contribution in [0.1, 0.15) is 45.2 Å². The lowest BCUT2D eigenvalue weighted by Crippen LogP contribution is -2.47. The van der Waals surface area contributed by atoms with Gasteiger partial charge in [0, 0.05) is 0 Å². The number of carbonyl (C=O) groups excluding carboxylic acids is 3. The van der Waals surface area contributed by atoms with Crippen molar-refractivity contribution in [3.8, 4) is 17.2 Å². The molecule has 11 heteroatoms. The fraction of sp³-hybridized carbons (Fsp3) is 0.429. The summed E-state index contributed by atoms with van der Waals surface area (Å²) in [6.07, 6.45) is 1.89. The average Bonchev–Trinajstić information content (AvgIpc) is 2.87. The van der Waals surface area contributed by atoms with E-state index in [1.165, 1.54) is 6.21 Å². The van der Waals surface area contributed by atoms with E-state index in [0.717, 1.165) is 5.56 Å². The number of carbonyl (C=O) groups is 3. The second-order valence-electron chi connectivity index (χ2n) is 8.89. The molecule has 0 unspecified atom stereocenters. The van der Waals surface area contributed by atoms with Crippen molar-refractivity contribution in [2.24, 2.45) is 11.0 Å². The van der Waals surface area contributed by atoms with Crippen molar-refractivity contribution in [2.45, 2.75) is 47.1 Å². The molecule has 2 rings (SSSR count). The second-order valence-corrected chi connectivity index (χ2v) is 10.1. The molecule has 0 spiro atoms. The van der Waals surface area contributed by atoms with Crippen molar-refractivity contribution in [1.29, 1.82) is 0 Å². The van der Waals surface area contributed by atoms with Gasteiger partial charge in [0.1, 0.15) is 11.8 Å². The topological polar surface area (TPSA) is 125 Å². The number of ether oxygens (including phenoxy) is 4. The Labute approximate surface area is 242 Å². The van der Waals surface area contributed by atoms with Gasteiger partial charge in [-0.05, 0) is 85.0 Å². The Morgan fingerprint density at radius 3 is 2.41 bits per heavy atom. The largest absolute Gasteiger partial charge is 0.490 e. The highest BCUT2D eigenvalue weighted by atomic mass is 127. The van der Waals surface area contributed by atoms with Crippen molar-refractivity contribution in [1.82, 2.24) is 10.7 Å². The van der Waals surface area contributed by atoms with Gasteiger partial charge in [0.2, 0.25) is 0 Å². The molecule has 39 heavy (non-hydrogen) atoms. The van der Waals surface area contributed by atoms with Gasteiger partial charge in [-0.2, -0.15) is 5.10 Å². The van der Waals surface area contributed by atoms with Crippen LogP contribution in [0, 0.1) is 16.4 Å². The summed E-state index contributed by atoms with van der Waals surface area (Å²) in [5, 5.41) is 6.81. The van der Waals surface area contributed by atoms with E-state index in [2.05, 4.69) is 38.4 Å². The minimum atomic E-state index is -0.784. The number of hydrazone groups is 1. The van der Waals surface area contributed by atoms with Crippen LogP contribution >= 0.6 is 22.6 Å². The first kappa shape index (κ1) is 31.9. The first-order valence-corrected chi connectivity index (χ1v) is 13.8. The number of halogens is 1. The van der Waals surface area contributed by atoms with E-state index in [4.69, 9.17) is 18.9 Å². The Kier molecular flexibility index (Phi) is 13.5. The summed E-state index contributed by atoms with van der Waals surface area (Å²) in [6, 6.07) is 10.1. The molecule has 0 aliphatic carbocycles. The Hall–Kier alpha value is -3.35. The number of para-hydroxylation sites is 1. The number of esters is 1. The van der Waals surface area contributed by atoms with E-state index >= 15 is 0 Å². The van der Waals surface area contributed by atoms with E-state index < -0.39 is 23.8 Å². The van der Waals surface area contributed by atoms with Crippen molar-refractivity contribution in [3.05, 3.63) is 51.1 Å². The van der Waals surface area contributed by atoms with Crippen LogP contribution in [-0.4, -0.2) is 56.5 Å². The molecule has 10 nitrogen and oxygen atoms in total. The van der Waals surface area contributed by atoms with Gasteiger partial charge in [0.05, 0.1) is 23.0 Å². The zero-order valence-electron chi connectivity index (χ0n) is 22.9. The number of rotatable bonds is 15. The van der Waals surface area contributed by atoms with E-state index in [-0.39, 0.29) is 25.7 Å². The van der Waals surface area contributed by atoms with Crippen LogP contribution in [0.5, 0.6) is 17.2 Å². The number of hydrogen-bond acceptors (Lipinski definition) is 8. The van der Waals surface area contributed by atoms with Crippen molar-refractivity contribution in [2.75, 3.05) is 26.4 Å². The molecule has 2 aromatic carbocycles. The smallest absolute Gasteiger partial charge is 0.344 e. The summed E-state index contributed by atoms with van der Waals surface area (Å²) < 4.78 is 22.5. The van der Waals surface area contributed by atoms with E-state index in [0.29, 0.717) is 39.4 Å². The predicted octanol–water partition coefficient (Wildman–Crippen LogP) is 4.00. The highest BCUT2D eigenvalue weighted by molar-refractivity contribution is 14.1. The highest BCUT2D eigenvalue weighted by Crippen LogP contribution is 2.34. The maximum Gasteiger partial charge on any atom is 0.344 e. The average molecular weight is 654 g/mol. The molecule has 0 fully saturated rings. The van der Waals surface area contributed by atoms with Gasteiger partial charge in [-0.3, -0.25) is 9.59 Å². The lowest BCUT2D eigenvalue weighted by atomic mass is 10.0. The molecule has 2 N–H and O–H groups in total. The lowest BCUT2D eigenvalue weighted by molar-refractivity contribution is -0.145. The SMILES string of the molecule is CCOC(=O)COc1c(I)cc(/C=N\NC(=O)[C@H](CC(C)C)NC(=O)COc2ccccc2C)cc1OCC. The number of benzene rings is 2. The molecule has 0 saturated heterocycles. The Morgan fingerprint density at radius 2 is 1.74 bits per heavy atom. The molecule has 0 heterocycles. The molecule has 2 amide bonds. The number of nitrogens with zero attached hydrogens (tertiary/aromatic N) is 1.